The zero-order valence-electron chi connectivity index (χ0n) is 18.6. The van der Waals surface area contributed by atoms with Crippen LogP contribution < -0.4 is 15.4 Å². The van der Waals surface area contributed by atoms with E-state index in [1.807, 2.05) is 48.5 Å². The lowest BCUT2D eigenvalue weighted by Crippen LogP contribution is -2.14. The number of hydrogen-bond acceptors (Lipinski definition) is 5. The van der Waals surface area contributed by atoms with Crippen LogP contribution in [0.25, 0.3) is 10.8 Å². The summed E-state index contributed by atoms with van der Waals surface area (Å²) in [5.41, 5.74) is 2.66. The molecule has 0 saturated heterocycles. The highest BCUT2D eigenvalue weighted by atomic mass is 16.5. The summed E-state index contributed by atoms with van der Waals surface area (Å²) in [6.45, 7) is 6.50. The van der Waals surface area contributed by atoms with E-state index in [1.165, 1.54) is 5.56 Å². The van der Waals surface area contributed by atoms with Gasteiger partial charge in [0, 0.05) is 30.6 Å². The van der Waals surface area contributed by atoms with E-state index in [0.29, 0.717) is 23.1 Å². The number of aromatic nitrogens is 2. The quantitative estimate of drug-likeness (QED) is 0.408. The van der Waals surface area contributed by atoms with E-state index in [-0.39, 0.29) is 11.3 Å². The Morgan fingerprint density at radius 2 is 1.75 bits per heavy atom. The van der Waals surface area contributed by atoms with Gasteiger partial charge in [0.15, 0.2) is 0 Å². The van der Waals surface area contributed by atoms with Gasteiger partial charge in [-0.25, -0.2) is 4.98 Å². The molecule has 0 atom stereocenters. The van der Waals surface area contributed by atoms with Crippen molar-refractivity contribution in [1.82, 2.24) is 9.97 Å². The minimum Gasteiger partial charge on any atom is -0.439 e. The summed E-state index contributed by atoms with van der Waals surface area (Å²) in [6.07, 6.45) is 1.63. The molecule has 0 unspecified atom stereocenters. The fourth-order valence-electron chi connectivity index (χ4n) is 3.42. The maximum absolute atomic E-state index is 13.0. The normalized spacial score (nSPS) is 11.2. The Hall–Kier alpha value is -3.93. The number of benzene rings is 3. The minimum absolute atomic E-state index is 0.0678. The van der Waals surface area contributed by atoms with Gasteiger partial charge in [-0.2, -0.15) is 4.98 Å². The Kier molecular flexibility index (Phi) is 5.77. The number of rotatable bonds is 5. The third-order valence-electron chi connectivity index (χ3n) is 5.18. The Morgan fingerprint density at radius 1 is 0.969 bits per heavy atom. The Labute approximate surface area is 187 Å². The monoisotopic (exact) mass is 426 g/mol. The molecule has 0 aliphatic rings. The lowest BCUT2D eigenvalue weighted by atomic mass is 9.87. The number of fused-ring (bicyclic) bond motifs is 1. The zero-order valence-corrected chi connectivity index (χ0v) is 18.6. The van der Waals surface area contributed by atoms with Gasteiger partial charge in [-0.15, -0.1) is 0 Å². The van der Waals surface area contributed by atoms with Gasteiger partial charge >= 0.3 is 0 Å². The fraction of sp³-hybridized carbons (Fsp3) is 0.192. The van der Waals surface area contributed by atoms with Gasteiger partial charge in [-0.3, -0.25) is 4.79 Å². The molecule has 0 bridgehead atoms. The summed E-state index contributed by atoms with van der Waals surface area (Å²) in [5, 5.41) is 7.64. The molecule has 1 aromatic heterocycles. The molecule has 2 N–H and O–H groups in total. The summed E-state index contributed by atoms with van der Waals surface area (Å²) < 4.78 is 5.87. The molecule has 0 aliphatic carbocycles. The molecule has 0 aliphatic heterocycles. The number of hydrogen-bond donors (Lipinski definition) is 2. The predicted octanol–water partition coefficient (Wildman–Crippen LogP) is 6.01. The molecule has 1 amide bonds. The summed E-state index contributed by atoms with van der Waals surface area (Å²) in [6, 6.07) is 20.9. The third-order valence-corrected chi connectivity index (χ3v) is 5.18. The zero-order chi connectivity index (χ0) is 22.7. The Balaban J connectivity index is 1.56. The average Bonchev–Trinajstić information content (AvgIpc) is 2.78. The molecule has 4 aromatic rings. The molecule has 6 nitrogen and oxygen atoms in total. The Bertz CT molecular complexity index is 1260. The van der Waals surface area contributed by atoms with Crippen LogP contribution in [-0.4, -0.2) is 22.9 Å². The molecular weight excluding hydrogens is 400 g/mol. The van der Waals surface area contributed by atoms with Crippen LogP contribution in [0.15, 0.2) is 72.9 Å². The predicted molar refractivity (Wildman–Crippen MR) is 129 cm³/mol. The standard InChI is InChI=1S/C26H26N4O2/c1-26(2,3)18-8-10-19(11-9-18)29-24(31)22-7-5-6-17-16-20(12-13-21(17)22)32-23-14-15-28-25(27-4)30-23/h5-16H,1-4H3,(H,29,31)(H,27,28,30). The molecule has 1 heterocycles. The number of amides is 1. The largest absolute Gasteiger partial charge is 0.439 e. The van der Waals surface area contributed by atoms with Crippen molar-refractivity contribution in [3.05, 3.63) is 84.1 Å². The van der Waals surface area contributed by atoms with E-state index in [1.54, 1.807) is 19.3 Å². The molecule has 0 radical (unpaired) electrons. The van der Waals surface area contributed by atoms with E-state index in [4.69, 9.17) is 4.74 Å². The van der Waals surface area contributed by atoms with Crippen molar-refractivity contribution in [1.29, 1.82) is 0 Å². The van der Waals surface area contributed by atoms with Crippen molar-refractivity contribution in [3.63, 3.8) is 0 Å². The van der Waals surface area contributed by atoms with Gasteiger partial charge in [-0.05, 0) is 58.1 Å². The topological polar surface area (TPSA) is 76.1 Å². The first-order valence-corrected chi connectivity index (χ1v) is 10.5. The van der Waals surface area contributed by atoms with E-state index in [9.17, 15) is 4.79 Å². The summed E-state index contributed by atoms with van der Waals surface area (Å²) >= 11 is 0. The number of nitrogens with zero attached hydrogens (tertiary/aromatic N) is 2. The van der Waals surface area contributed by atoms with Gasteiger partial charge in [0.25, 0.3) is 5.91 Å². The van der Waals surface area contributed by atoms with E-state index in [0.717, 1.165) is 16.5 Å². The van der Waals surface area contributed by atoms with Gasteiger partial charge in [0.05, 0.1) is 0 Å². The summed E-state index contributed by atoms with van der Waals surface area (Å²) in [5.74, 6) is 1.41. The van der Waals surface area contributed by atoms with Gasteiger partial charge in [0.2, 0.25) is 11.8 Å². The van der Waals surface area contributed by atoms with Crippen molar-refractivity contribution in [2.75, 3.05) is 17.7 Å². The molecule has 32 heavy (non-hydrogen) atoms. The smallest absolute Gasteiger partial charge is 0.256 e. The van der Waals surface area contributed by atoms with Crippen molar-refractivity contribution in [3.8, 4) is 11.6 Å². The van der Waals surface area contributed by atoms with Crippen molar-refractivity contribution < 1.29 is 9.53 Å². The van der Waals surface area contributed by atoms with Crippen LogP contribution in [0.5, 0.6) is 11.6 Å². The van der Waals surface area contributed by atoms with Crippen LogP contribution in [0, 0.1) is 0 Å². The molecule has 3 aromatic carbocycles. The highest BCUT2D eigenvalue weighted by Gasteiger charge is 2.15. The molecule has 0 saturated carbocycles. The number of nitrogens with one attached hydrogen (secondary N) is 2. The maximum Gasteiger partial charge on any atom is 0.256 e. The first kappa shape index (κ1) is 21.3. The fourth-order valence-corrected chi connectivity index (χ4v) is 3.42. The van der Waals surface area contributed by atoms with Crippen LogP contribution in [0.2, 0.25) is 0 Å². The summed E-state index contributed by atoms with van der Waals surface area (Å²) in [7, 11) is 1.75. The lowest BCUT2D eigenvalue weighted by Gasteiger charge is -2.19. The first-order valence-electron chi connectivity index (χ1n) is 10.5. The molecule has 0 fully saturated rings. The molecule has 6 heteroatoms. The van der Waals surface area contributed by atoms with Crippen molar-refractivity contribution in [2.45, 2.75) is 26.2 Å². The first-order chi connectivity index (χ1) is 15.3. The van der Waals surface area contributed by atoms with Gasteiger partial charge in [0.1, 0.15) is 5.75 Å². The SMILES string of the molecule is CNc1nccc(Oc2ccc3c(C(=O)Nc4ccc(C(C)(C)C)cc4)cccc3c2)n1. The number of anilines is 2. The lowest BCUT2D eigenvalue weighted by molar-refractivity contribution is 0.102. The van der Waals surface area contributed by atoms with E-state index >= 15 is 0 Å². The number of carbonyl (C=O) groups is 1. The van der Waals surface area contributed by atoms with Gasteiger partial charge < -0.3 is 15.4 Å². The second kappa shape index (κ2) is 8.67. The van der Waals surface area contributed by atoms with Crippen LogP contribution in [0.3, 0.4) is 0 Å². The maximum atomic E-state index is 13.0. The second-order valence-corrected chi connectivity index (χ2v) is 8.54. The second-order valence-electron chi connectivity index (χ2n) is 8.54. The summed E-state index contributed by atoms with van der Waals surface area (Å²) in [4.78, 5) is 21.3. The average molecular weight is 427 g/mol. The van der Waals surface area contributed by atoms with Crippen LogP contribution in [0.1, 0.15) is 36.7 Å². The Morgan fingerprint density at radius 3 is 2.47 bits per heavy atom. The number of ether oxygens (including phenoxy) is 1. The third kappa shape index (κ3) is 4.70. The van der Waals surface area contributed by atoms with Crippen molar-refractivity contribution >= 4 is 28.3 Å². The van der Waals surface area contributed by atoms with E-state index < -0.39 is 0 Å². The minimum atomic E-state index is -0.151. The molecule has 0 spiro atoms. The molecule has 162 valence electrons. The number of carbonyl (C=O) groups excluding carboxylic acids is 1. The highest BCUT2D eigenvalue weighted by Crippen LogP contribution is 2.28. The van der Waals surface area contributed by atoms with Gasteiger partial charge in [-0.1, -0.05) is 45.0 Å². The van der Waals surface area contributed by atoms with Crippen molar-refractivity contribution in [2.24, 2.45) is 0 Å². The van der Waals surface area contributed by atoms with Crippen LogP contribution in [0.4, 0.5) is 11.6 Å². The van der Waals surface area contributed by atoms with Crippen LogP contribution >= 0.6 is 0 Å². The molecular formula is C26H26N4O2. The van der Waals surface area contributed by atoms with E-state index in [2.05, 4.69) is 53.5 Å². The van der Waals surface area contributed by atoms with Crippen LogP contribution in [-0.2, 0) is 5.41 Å². The molecule has 4 rings (SSSR count). The highest BCUT2D eigenvalue weighted by molar-refractivity contribution is 6.13.